The SMILES string of the molecule is CC/C=C\C/C=C\C/C=C\CCCCCC(=O)OC(COCCCCCCCC/C=C\C/C=C\CCC)COC(=O)CCCCCCC/C=C\CCCCCCCC. The molecule has 0 heterocycles. The van der Waals surface area contributed by atoms with Gasteiger partial charge in [-0.15, -0.1) is 0 Å². The van der Waals surface area contributed by atoms with Crippen molar-refractivity contribution in [2.24, 2.45) is 0 Å². The van der Waals surface area contributed by atoms with Gasteiger partial charge in [-0.2, -0.15) is 0 Å². The lowest BCUT2D eigenvalue weighted by atomic mass is 10.1. The van der Waals surface area contributed by atoms with Gasteiger partial charge in [0.1, 0.15) is 6.61 Å². The second-order valence-electron chi connectivity index (χ2n) is 16.0. The molecule has 1 atom stereocenters. The molecule has 0 aliphatic carbocycles. The molecule has 0 bridgehead atoms. The highest BCUT2D eigenvalue weighted by atomic mass is 16.6. The molecule has 0 radical (unpaired) electrons. The molecule has 334 valence electrons. The number of unbranched alkanes of at least 4 members (excludes halogenated alkanes) is 21. The van der Waals surface area contributed by atoms with Gasteiger partial charge < -0.3 is 14.2 Å². The Labute approximate surface area is 359 Å². The van der Waals surface area contributed by atoms with Gasteiger partial charge >= 0.3 is 11.9 Å². The van der Waals surface area contributed by atoms with Gasteiger partial charge in [-0.25, -0.2) is 0 Å². The van der Waals surface area contributed by atoms with Gasteiger partial charge in [0.15, 0.2) is 6.10 Å². The largest absolute Gasteiger partial charge is 0.462 e. The first-order valence-corrected chi connectivity index (χ1v) is 24.5. The van der Waals surface area contributed by atoms with E-state index < -0.39 is 6.10 Å². The van der Waals surface area contributed by atoms with Crippen molar-refractivity contribution in [3.05, 3.63) is 72.9 Å². The molecule has 0 aromatic rings. The summed E-state index contributed by atoms with van der Waals surface area (Å²) in [7, 11) is 0. The van der Waals surface area contributed by atoms with Crippen LogP contribution in [0.3, 0.4) is 0 Å². The van der Waals surface area contributed by atoms with E-state index >= 15 is 0 Å². The summed E-state index contributed by atoms with van der Waals surface area (Å²) >= 11 is 0. The Kier molecular flexibility index (Phi) is 46.5. The molecule has 1 unspecified atom stereocenters. The topological polar surface area (TPSA) is 61.8 Å². The molecule has 0 aromatic heterocycles. The number of allylic oxidation sites excluding steroid dienone is 12. The quantitative estimate of drug-likeness (QED) is 0.0348. The Morgan fingerprint density at radius 1 is 0.397 bits per heavy atom. The van der Waals surface area contributed by atoms with Gasteiger partial charge in [0.25, 0.3) is 0 Å². The highest BCUT2D eigenvalue weighted by molar-refractivity contribution is 5.70. The molecule has 0 N–H and O–H groups in total. The van der Waals surface area contributed by atoms with Crippen molar-refractivity contribution < 1.29 is 23.8 Å². The number of carbonyl (C=O) groups excluding carboxylic acids is 2. The second-order valence-corrected chi connectivity index (χ2v) is 16.0. The zero-order valence-electron chi connectivity index (χ0n) is 38.3. The first-order valence-electron chi connectivity index (χ1n) is 24.5. The molecule has 58 heavy (non-hydrogen) atoms. The van der Waals surface area contributed by atoms with Crippen LogP contribution in [0, 0.1) is 0 Å². The average Bonchev–Trinajstić information content (AvgIpc) is 3.22. The van der Waals surface area contributed by atoms with Crippen LogP contribution in [0.15, 0.2) is 72.9 Å². The Balaban J connectivity index is 4.33. The molecule has 0 rings (SSSR count). The summed E-state index contributed by atoms with van der Waals surface area (Å²) in [5.41, 5.74) is 0. The Morgan fingerprint density at radius 3 is 1.34 bits per heavy atom. The number of hydrogen-bond donors (Lipinski definition) is 0. The number of esters is 2. The summed E-state index contributed by atoms with van der Waals surface area (Å²) in [4.78, 5) is 25.3. The summed E-state index contributed by atoms with van der Waals surface area (Å²) in [5.74, 6) is -0.447. The predicted molar refractivity (Wildman–Crippen MR) is 251 cm³/mol. The van der Waals surface area contributed by atoms with Crippen molar-refractivity contribution in [3.8, 4) is 0 Å². The van der Waals surface area contributed by atoms with Crippen LogP contribution in [0.25, 0.3) is 0 Å². The first-order chi connectivity index (χ1) is 28.6. The normalized spacial score (nSPS) is 12.8. The standard InChI is InChI=1S/C53H92O5/c1-4-7-10-13-16-19-22-25-27-29-31-34-37-40-43-46-52(54)57-50-51(49-56-48-45-42-39-36-33-30-26-23-20-17-14-11-8-5-2)58-53(55)47-44-41-38-35-32-28-24-21-18-15-12-9-6-3/h9,11-12,14,18,20-21,23,25,27-28,32,51H,4-8,10,13,15-17,19,22,24,26,29-31,33-50H2,1-3H3/b12-9-,14-11-,21-18-,23-20-,27-25-,32-28-. The van der Waals surface area contributed by atoms with E-state index in [0.717, 1.165) is 89.9 Å². The van der Waals surface area contributed by atoms with Gasteiger partial charge in [-0.1, -0.05) is 184 Å². The third-order valence-corrected chi connectivity index (χ3v) is 10.2. The van der Waals surface area contributed by atoms with E-state index in [4.69, 9.17) is 14.2 Å². The van der Waals surface area contributed by atoms with Crippen molar-refractivity contribution in [2.75, 3.05) is 19.8 Å². The van der Waals surface area contributed by atoms with Crippen LogP contribution in [0.1, 0.15) is 226 Å². The van der Waals surface area contributed by atoms with Crippen molar-refractivity contribution in [2.45, 2.75) is 232 Å². The molecule has 0 aliphatic heterocycles. The van der Waals surface area contributed by atoms with Crippen LogP contribution >= 0.6 is 0 Å². The van der Waals surface area contributed by atoms with Crippen LogP contribution in [0.4, 0.5) is 0 Å². The summed E-state index contributed by atoms with van der Waals surface area (Å²) < 4.78 is 17.3. The minimum absolute atomic E-state index is 0.0628. The van der Waals surface area contributed by atoms with E-state index in [2.05, 4.69) is 93.7 Å². The molecule has 0 fully saturated rings. The summed E-state index contributed by atoms with van der Waals surface area (Å²) in [6.45, 7) is 7.59. The zero-order valence-corrected chi connectivity index (χ0v) is 38.3. The molecule has 0 spiro atoms. The van der Waals surface area contributed by atoms with Gasteiger partial charge in [0.05, 0.1) is 6.61 Å². The minimum atomic E-state index is -0.561. The average molecular weight is 809 g/mol. The lowest BCUT2D eigenvalue weighted by Crippen LogP contribution is -2.30. The number of hydrogen-bond acceptors (Lipinski definition) is 5. The second kappa shape index (κ2) is 48.7. The van der Waals surface area contributed by atoms with Crippen LogP contribution in [0.2, 0.25) is 0 Å². The maximum Gasteiger partial charge on any atom is 0.306 e. The summed E-state index contributed by atoms with van der Waals surface area (Å²) in [6.07, 6.45) is 61.9. The maximum atomic E-state index is 12.7. The fourth-order valence-electron chi connectivity index (χ4n) is 6.56. The van der Waals surface area contributed by atoms with E-state index in [9.17, 15) is 9.59 Å². The Bertz CT molecular complexity index is 1050. The van der Waals surface area contributed by atoms with Gasteiger partial charge in [0.2, 0.25) is 0 Å². The fourth-order valence-corrected chi connectivity index (χ4v) is 6.56. The zero-order chi connectivity index (χ0) is 42.1. The lowest BCUT2D eigenvalue weighted by Gasteiger charge is -2.18. The van der Waals surface area contributed by atoms with Gasteiger partial charge in [0, 0.05) is 19.4 Å². The minimum Gasteiger partial charge on any atom is -0.462 e. The Hall–Kier alpha value is -2.66. The van der Waals surface area contributed by atoms with Crippen molar-refractivity contribution >= 4 is 11.9 Å². The van der Waals surface area contributed by atoms with Gasteiger partial charge in [-0.05, 0) is 103 Å². The summed E-state index contributed by atoms with van der Waals surface area (Å²) in [5, 5.41) is 0. The molecule has 0 amide bonds. The number of rotatable bonds is 44. The fraction of sp³-hybridized carbons (Fsp3) is 0.736. The Morgan fingerprint density at radius 2 is 0.810 bits per heavy atom. The van der Waals surface area contributed by atoms with E-state index in [1.807, 2.05) is 0 Å². The highest BCUT2D eigenvalue weighted by Gasteiger charge is 2.17. The maximum absolute atomic E-state index is 12.7. The van der Waals surface area contributed by atoms with Crippen LogP contribution in [-0.2, 0) is 23.8 Å². The van der Waals surface area contributed by atoms with E-state index in [1.165, 1.54) is 103 Å². The number of ether oxygens (including phenoxy) is 3. The van der Waals surface area contributed by atoms with Crippen molar-refractivity contribution in [1.29, 1.82) is 0 Å². The molecule has 0 saturated heterocycles. The van der Waals surface area contributed by atoms with Crippen LogP contribution in [-0.4, -0.2) is 37.9 Å². The molecule has 5 nitrogen and oxygen atoms in total. The van der Waals surface area contributed by atoms with Gasteiger partial charge in [-0.3, -0.25) is 9.59 Å². The molecule has 0 saturated carbocycles. The molecule has 5 heteroatoms. The van der Waals surface area contributed by atoms with Crippen molar-refractivity contribution in [3.63, 3.8) is 0 Å². The van der Waals surface area contributed by atoms with Crippen LogP contribution in [0.5, 0.6) is 0 Å². The van der Waals surface area contributed by atoms with E-state index in [0.29, 0.717) is 19.4 Å². The lowest BCUT2D eigenvalue weighted by molar-refractivity contribution is -0.163. The monoisotopic (exact) mass is 809 g/mol. The smallest absolute Gasteiger partial charge is 0.306 e. The van der Waals surface area contributed by atoms with Crippen molar-refractivity contribution in [1.82, 2.24) is 0 Å². The van der Waals surface area contributed by atoms with E-state index in [1.54, 1.807) is 0 Å². The molecular weight excluding hydrogens is 717 g/mol. The van der Waals surface area contributed by atoms with Crippen LogP contribution < -0.4 is 0 Å². The van der Waals surface area contributed by atoms with E-state index in [-0.39, 0.29) is 25.2 Å². The third-order valence-electron chi connectivity index (χ3n) is 10.2. The summed E-state index contributed by atoms with van der Waals surface area (Å²) in [6, 6.07) is 0. The first kappa shape index (κ1) is 55.3. The molecule has 0 aliphatic rings. The molecular formula is C53H92O5. The highest BCUT2D eigenvalue weighted by Crippen LogP contribution is 2.13. The predicted octanol–water partition coefficient (Wildman–Crippen LogP) is 16.3. The third kappa shape index (κ3) is 46.0. The number of carbonyl (C=O) groups is 2. The molecule has 0 aromatic carbocycles.